The topological polar surface area (TPSA) is 139 Å². The quantitative estimate of drug-likeness (QED) is 0.224. The third kappa shape index (κ3) is 3.92. The van der Waals surface area contributed by atoms with Crippen LogP contribution in [0, 0.1) is 10.1 Å². The average Bonchev–Trinajstić information content (AvgIpc) is 3.03. The van der Waals surface area contributed by atoms with Gasteiger partial charge in [0.15, 0.2) is 0 Å². The molecule has 0 aliphatic carbocycles. The van der Waals surface area contributed by atoms with E-state index in [9.17, 15) is 29.9 Å². The Bertz CT molecular complexity index is 1060. The van der Waals surface area contributed by atoms with Crippen molar-refractivity contribution in [2.45, 2.75) is 6.04 Å². The fraction of sp³-hybridized carbons (Fsp3) is 0.238. The molecule has 31 heavy (non-hydrogen) atoms. The molecule has 0 spiro atoms. The highest BCUT2D eigenvalue weighted by molar-refractivity contribution is 6.46. The van der Waals surface area contributed by atoms with Crippen molar-refractivity contribution in [3.63, 3.8) is 0 Å². The molecule has 10 nitrogen and oxygen atoms in total. The van der Waals surface area contributed by atoms with Crippen LogP contribution in [0.1, 0.15) is 17.2 Å². The van der Waals surface area contributed by atoms with Gasteiger partial charge in [0.2, 0.25) is 0 Å². The van der Waals surface area contributed by atoms with Crippen LogP contribution in [0.2, 0.25) is 0 Å². The number of ketones is 1. The molecule has 0 radical (unpaired) electrons. The van der Waals surface area contributed by atoms with Gasteiger partial charge in [-0.1, -0.05) is 0 Å². The first kappa shape index (κ1) is 21.8. The number of β-amino-alcohol motifs (C(OH)–C–C–N with tert-alkyl or cyclic N) is 1. The molecule has 1 amide bonds. The predicted octanol–water partition coefficient (Wildman–Crippen LogP) is 2.03. The molecule has 3 rings (SSSR count). The molecule has 1 atom stereocenters. The average molecular weight is 428 g/mol. The Balaban J connectivity index is 2.21. The predicted molar refractivity (Wildman–Crippen MR) is 109 cm³/mol. The number of aliphatic hydroxyl groups excluding tert-OH is 2. The first-order chi connectivity index (χ1) is 14.8. The molecule has 1 aliphatic rings. The van der Waals surface area contributed by atoms with Crippen molar-refractivity contribution in [2.75, 3.05) is 27.4 Å². The van der Waals surface area contributed by atoms with Crippen LogP contribution in [0.25, 0.3) is 5.76 Å². The van der Waals surface area contributed by atoms with Crippen molar-refractivity contribution in [3.05, 3.63) is 69.3 Å². The van der Waals surface area contributed by atoms with E-state index in [1.54, 1.807) is 18.2 Å². The van der Waals surface area contributed by atoms with Crippen LogP contribution >= 0.6 is 0 Å². The third-order valence-electron chi connectivity index (χ3n) is 4.97. The summed E-state index contributed by atoms with van der Waals surface area (Å²) >= 11 is 0. The van der Waals surface area contributed by atoms with Crippen molar-refractivity contribution in [1.82, 2.24) is 4.90 Å². The summed E-state index contributed by atoms with van der Waals surface area (Å²) in [6.07, 6.45) is 0. The second-order valence-corrected chi connectivity index (χ2v) is 6.63. The third-order valence-corrected chi connectivity index (χ3v) is 4.97. The lowest BCUT2D eigenvalue weighted by atomic mass is 9.94. The number of carbonyl (C=O) groups excluding carboxylic acids is 2. The van der Waals surface area contributed by atoms with E-state index in [1.165, 1.54) is 38.5 Å². The highest BCUT2D eigenvalue weighted by Gasteiger charge is 2.46. The number of benzene rings is 2. The Labute approximate surface area is 177 Å². The number of methoxy groups -OCH3 is 2. The first-order valence-electron chi connectivity index (χ1n) is 9.20. The summed E-state index contributed by atoms with van der Waals surface area (Å²) in [6.45, 7) is -0.555. The molecule has 2 aromatic carbocycles. The maximum atomic E-state index is 12.8. The first-order valence-corrected chi connectivity index (χ1v) is 9.20. The van der Waals surface area contributed by atoms with Crippen molar-refractivity contribution in [2.24, 2.45) is 0 Å². The summed E-state index contributed by atoms with van der Waals surface area (Å²) in [5.41, 5.74) is 0.130. The minimum atomic E-state index is -1.04. The second-order valence-electron chi connectivity index (χ2n) is 6.63. The molecule has 1 unspecified atom stereocenters. The molecular weight excluding hydrogens is 408 g/mol. The number of ether oxygens (including phenoxy) is 2. The smallest absolute Gasteiger partial charge is 0.295 e. The zero-order valence-corrected chi connectivity index (χ0v) is 16.8. The minimum Gasteiger partial charge on any atom is -0.507 e. The number of rotatable bonds is 7. The summed E-state index contributed by atoms with van der Waals surface area (Å²) in [6, 6.07) is 8.68. The molecule has 1 aliphatic heterocycles. The molecular formula is C21H20N2O8. The van der Waals surface area contributed by atoms with Crippen LogP contribution < -0.4 is 9.47 Å². The van der Waals surface area contributed by atoms with Crippen molar-refractivity contribution < 1.29 is 34.2 Å². The van der Waals surface area contributed by atoms with E-state index in [0.717, 1.165) is 4.90 Å². The van der Waals surface area contributed by atoms with E-state index in [2.05, 4.69) is 0 Å². The summed E-state index contributed by atoms with van der Waals surface area (Å²) in [5.74, 6) is -1.53. The maximum absolute atomic E-state index is 12.8. The van der Waals surface area contributed by atoms with Gasteiger partial charge in [-0.3, -0.25) is 19.7 Å². The van der Waals surface area contributed by atoms with Crippen LogP contribution in [0.5, 0.6) is 11.5 Å². The second kappa shape index (κ2) is 8.84. The molecule has 2 aromatic rings. The lowest BCUT2D eigenvalue weighted by molar-refractivity contribution is -0.384. The Morgan fingerprint density at radius 2 is 1.81 bits per heavy atom. The number of likely N-dealkylation sites (tertiary alicyclic amines) is 1. The number of hydrogen-bond acceptors (Lipinski definition) is 8. The van der Waals surface area contributed by atoms with Crippen LogP contribution in [0.4, 0.5) is 5.69 Å². The molecule has 0 saturated carbocycles. The highest BCUT2D eigenvalue weighted by atomic mass is 16.6. The van der Waals surface area contributed by atoms with Gasteiger partial charge in [-0.2, -0.15) is 0 Å². The maximum Gasteiger partial charge on any atom is 0.295 e. The van der Waals surface area contributed by atoms with E-state index in [-0.39, 0.29) is 23.4 Å². The largest absolute Gasteiger partial charge is 0.507 e. The fourth-order valence-electron chi connectivity index (χ4n) is 3.48. The van der Waals surface area contributed by atoms with Crippen molar-refractivity contribution in [3.8, 4) is 11.5 Å². The molecule has 10 heteroatoms. The Hall–Kier alpha value is -3.92. The molecule has 1 fully saturated rings. The van der Waals surface area contributed by atoms with Gasteiger partial charge >= 0.3 is 0 Å². The minimum absolute atomic E-state index is 0.130. The summed E-state index contributed by atoms with van der Waals surface area (Å²) in [7, 11) is 2.88. The number of aliphatic hydroxyl groups is 2. The SMILES string of the molecule is COc1ccc(C2/C(=C(\O)c3ccc([N+](=O)[O-])cc3)C(=O)C(=O)N2CCO)c(OC)c1. The standard InChI is InChI=1S/C21H20N2O8/c1-30-14-7-8-15(16(11-14)31-2)18-17(20(26)21(27)22(18)9-10-24)19(25)12-3-5-13(6-4-12)23(28)29/h3-8,11,18,24-25H,9-10H2,1-2H3/b19-17+. The van der Waals surface area contributed by atoms with E-state index in [4.69, 9.17) is 9.47 Å². The summed E-state index contributed by atoms with van der Waals surface area (Å²) in [5, 5.41) is 31.2. The van der Waals surface area contributed by atoms with Gasteiger partial charge in [0.25, 0.3) is 17.4 Å². The van der Waals surface area contributed by atoms with Crippen LogP contribution in [-0.4, -0.2) is 59.1 Å². The highest BCUT2D eigenvalue weighted by Crippen LogP contribution is 2.43. The molecule has 0 bridgehead atoms. The monoisotopic (exact) mass is 428 g/mol. The number of nitro benzene ring substituents is 1. The van der Waals surface area contributed by atoms with Gasteiger partial charge in [0, 0.05) is 35.9 Å². The van der Waals surface area contributed by atoms with Gasteiger partial charge in [-0.15, -0.1) is 0 Å². The normalized spacial score (nSPS) is 17.6. The van der Waals surface area contributed by atoms with Gasteiger partial charge in [0.1, 0.15) is 17.3 Å². The number of Topliss-reactive ketones (excluding diaryl/α,β-unsaturated/α-hetero) is 1. The number of nitro groups is 1. The number of carbonyl (C=O) groups is 2. The van der Waals surface area contributed by atoms with E-state index < -0.39 is 35.0 Å². The number of amides is 1. The zero-order chi connectivity index (χ0) is 22.7. The van der Waals surface area contributed by atoms with Gasteiger partial charge < -0.3 is 24.6 Å². The van der Waals surface area contributed by atoms with Crippen LogP contribution in [-0.2, 0) is 9.59 Å². The molecule has 1 heterocycles. The van der Waals surface area contributed by atoms with Crippen molar-refractivity contribution in [1.29, 1.82) is 0 Å². The van der Waals surface area contributed by atoms with Crippen LogP contribution in [0.15, 0.2) is 48.0 Å². The van der Waals surface area contributed by atoms with Crippen LogP contribution in [0.3, 0.4) is 0 Å². The summed E-state index contributed by atoms with van der Waals surface area (Å²) in [4.78, 5) is 36.9. The van der Waals surface area contributed by atoms with Crippen molar-refractivity contribution >= 4 is 23.1 Å². The Morgan fingerprint density at radius 1 is 1.13 bits per heavy atom. The lowest BCUT2D eigenvalue weighted by Gasteiger charge is -2.26. The van der Waals surface area contributed by atoms with Gasteiger partial charge in [-0.25, -0.2) is 0 Å². The molecule has 2 N–H and O–H groups in total. The van der Waals surface area contributed by atoms with Gasteiger partial charge in [-0.05, 0) is 24.3 Å². The fourth-order valence-corrected chi connectivity index (χ4v) is 3.48. The zero-order valence-electron chi connectivity index (χ0n) is 16.8. The lowest BCUT2D eigenvalue weighted by Crippen LogP contribution is -2.32. The van der Waals surface area contributed by atoms with E-state index in [0.29, 0.717) is 17.1 Å². The molecule has 1 saturated heterocycles. The number of hydrogen-bond donors (Lipinski definition) is 2. The number of nitrogens with zero attached hydrogens (tertiary/aromatic N) is 2. The van der Waals surface area contributed by atoms with E-state index in [1.807, 2.05) is 0 Å². The van der Waals surface area contributed by atoms with E-state index >= 15 is 0 Å². The number of non-ortho nitro benzene ring substituents is 1. The Morgan fingerprint density at radius 3 is 2.35 bits per heavy atom. The summed E-state index contributed by atoms with van der Waals surface area (Å²) < 4.78 is 10.6. The molecule has 162 valence electrons. The molecule has 0 aromatic heterocycles. The van der Waals surface area contributed by atoms with Gasteiger partial charge in [0.05, 0.1) is 37.4 Å². The Kier molecular flexibility index (Phi) is 6.21.